The SMILES string of the molecule is O=C(O)N(CCNC1CC1)Cc1cccc(Cl)c1F. The van der Waals surface area contributed by atoms with Gasteiger partial charge in [-0.15, -0.1) is 0 Å². The molecule has 0 unspecified atom stereocenters. The fourth-order valence-electron chi connectivity index (χ4n) is 1.81. The maximum Gasteiger partial charge on any atom is 0.407 e. The quantitative estimate of drug-likeness (QED) is 0.845. The van der Waals surface area contributed by atoms with Crippen molar-refractivity contribution in [2.75, 3.05) is 13.1 Å². The molecule has 0 bridgehead atoms. The molecule has 1 saturated carbocycles. The molecule has 0 aliphatic heterocycles. The Bertz CT molecular complexity index is 466. The summed E-state index contributed by atoms with van der Waals surface area (Å²) in [7, 11) is 0. The van der Waals surface area contributed by atoms with Crippen molar-refractivity contribution in [3.05, 3.63) is 34.6 Å². The second-order valence-electron chi connectivity index (χ2n) is 4.65. The first-order valence-electron chi connectivity index (χ1n) is 6.22. The highest BCUT2D eigenvalue weighted by Crippen LogP contribution is 2.20. The summed E-state index contributed by atoms with van der Waals surface area (Å²) in [4.78, 5) is 12.3. The summed E-state index contributed by atoms with van der Waals surface area (Å²) < 4.78 is 13.7. The molecule has 2 N–H and O–H groups in total. The number of rotatable bonds is 6. The van der Waals surface area contributed by atoms with E-state index in [1.165, 1.54) is 11.0 Å². The van der Waals surface area contributed by atoms with Gasteiger partial charge in [0.15, 0.2) is 0 Å². The van der Waals surface area contributed by atoms with Crippen LogP contribution in [0.3, 0.4) is 0 Å². The minimum absolute atomic E-state index is 0.00801. The standard InChI is InChI=1S/C13H16ClFN2O2/c14-11-3-1-2-9(12(11)15)8-17(13(18)19)7-6-16-10-4-5-10/h1-3,10,16H,4-8H2,(H,18,19). The zero-order chi connectivity index (χ0) is 13.8. The summed E-state index contributed by atoms with van der Waals surface area (Å²) in [6.07, 6.45) is 1.24. The van der Waals surface area contributed by atoms with Gasteiger partial charge in [-0.05, 0) is 18.9 Å². The van der Waals surface area contributed by atoms with Crippen LogP contribution in [-0.4, -0.2) is 35.2 Å². The predicted molar refractivity (Wildman–Crippen MR) is 70.9 cm³/mol. The second kappa shape index (κ2) is 6.21. The molecule has 0 radical (unpaired) electrons. The van der Waals surface area contributed by atoms with Crippen LogP contribution < -0.4 is 5.32 Å². The van der Waals surface area contributed by atoms with Crippen molar-refractivity contribution in [3.63, 3.8) is 0 Å². The van der Waals surface area contributed by atoms with E-state index in [1.807, 2.05) is 0 Å². The lowest BCUT2D eigenvalue weighted by molar-refractivity contribution is 0.142. The molecule has 1 amide bonds. The fourth-order valence-corrected chi connectivity index (χ4v) is 2.00. The average molecular weight is 287 g/mol. The Balaban J connectivity index is 1.94. The molecule has 0 atom stereocenters. The van der Waals surface area contributed by atoms with Crippen LogP contribution in [0.5, 0.6) is 0 Å². The van der Waals surface area contributed by atoms with Crippen LogP contribution in [0, 0.1) is 5.82 Å². The van der Waals surface area contributed by atoms with Crippen LogP contribution >= 0.6 is 11.6 Å². The molecule has 1 aromatic carbocycles. The van der Waals surface area contributed by atoms with Crippen LogP contribution in [0.25, 0.3) is 0 Å². The van der Waals surface area contributed by atoms with Gasteiger partial charge in [0.2, 0.25) is 0 Å². The van der Waals surface area contributed by atoms with Gasteiger partial charge < -0.3 is 15.3 Å². The molecule has 1 aliphatic carbocycles. The fraction of sp³-hybridized carbons (Fsp3) is 0.462. The average Bonchev–Trinajstić information content (AvgIpc) is 3.17. The van der Waals surface area contributed by atoms with Crippen LogP contribution in [-0.2, 0) is 6.54 Å². The van der Waals surface area contributed by atoms with Crippen molar-refractivity contribution < 1.29 is 14.3 Å². The van der Waals surface area contributed by atoms with E-state index in [-0.39, 0.29) is 11.6 Å². The number of hydrogen-bond donors (Lipinski definition) is 2. The van der Waals surface area contributed by atoms with Crippen molar-refractivity contribution in [2.45, 2.75) is 25.4 Å². The molecular weight excluding hydrogens is 271 g/mol. The van der Waals surface area contributed by atoms with E-state index in [4.69, 9.17) is 16.7 Å². The molecule has 1 aliphatic rings. The van der Waals surface area contributed by atoms with Gasteiger partial charge in [-0.2, -0.15) is 0 Å². The van der Waals surface area contributed by atoms with E-state index in [0.717, 1.165) is 12.8 Å². The third-order valence-electron chi connectivity index (χ3n) is 3.06. The zero-order valence-electron chi connectivity index (χ0n) is 10.4. The van der Waals surface area contributed by atoms with Crippen molar-refractivity contribution in [2.24, 2.45) is 0 Å². The third kappa shape index (κ3) is 4.08. The van der Waals surface area contributed by atoms with Crippen molar-refractivity contribution in [3.8, 4) is 0 Å². The topological polar surface area (TPSA) is 52.6 Å². The summed E-state index contributed by atoms with van der Waals surface area (Å²) >= 11 is 5.68. The van der Waals surface area contributed by atoms with Crippen LogP contribution in [0.1, 0.15) is 18.4 Å². The number of carboxylic acid groups (broad SMARTS) is 1. The van der Waals surface area contributed by atoms with Gasteiger partial charge in [0.05, 0.1) is 11.6 Å². The lowest BCUT2D eigenvalue weighted by atomic mass is 10.2. The van der Waals surface area contributed by atoms with E-state index in [2.05, 4.69) is 5.32 Å². The molecule has 1 fully saturated rings. The molecule has 19 heavy (non-hydrogen) atoms. The van der Waals surface area contributed by atoms with Gasteiger partial charge >= 0.3 is 6.09 Å². The van der Waals surface area contributed by atoms with Gasteiger partial charge in [0.1, 0.15) is 5.82 Å². The first-order chi connectivity index (χ1) is 9.08. The molecule has 0 spiro atoms. The number of hydrogen-bond acceptors (Lipinski definition) is 2. The van der Waals surface area contributed by atoms with Crippen molar-refractivity contribution in [1.82, 2.24) is 10.2 Å². The molecule has 0 heterocycles. The van der Waals surface area contributed by atoms with Crippen LogP contribution in [0.15, 0.2) is 18.2 Å². The Kier molecular flexibility index (Phi) is 4.61. The first kappa shape index (κ1) is 14.1. The van der Waals surface area contributed by atoms with E-state index < -0.39 is 11.9 Å². The van der Waals surface area contributed by atoms with E-state index in [1.54, 1.807) is 12.1 Å². The Morgan fingerprint density at radius 3 is 2.89 bits per heavy atom. The van der Waals surface area contributed by atoms with Gasteiger partial charge in [-0.1, -0.05) is 23.7 Å². The van der Waals surface area contributed by atoms with Gasteiger partial charge in [0.25, 0.3) is 0 Å². The molecule has 0 saturated heterocycles. The van der Waals surface area contributed by atoms with Gasteiger partial charge in [-0.25, -0.2) is 9.18 Å². The van der Waals surface area contributed by atoms with Crippen molar-refractivity contribution >= 4 is 17.7 Å². The highest BCUT2D eigenvalue weighted by Gasteiger charge is 2.21. The highest BCUT2D eigenvalue weighted by molar-refractivity contribution is 6.30. The maximum atomic E-state index is 13.7. The van der Waals surface area contributed by atoms with E-state index in [9.17, 15) is 9.18 Å². The highest BCUT2D eigenvalue weighted by atomic mass is 35.5. The Hall–Kier alpha value is -1.33. The molecule has 0 aromatic heterocycles. The summed E-state index contributed by atoms with van der Waals surface area (Å²) in [5, 5.41) is 12.4. The monoisotopic (exact) mass is 286 g/mol. The lowest BCUT2D eigenvalue weighted by Crippen LogP contribution is -2.36. The normalized spacial score (nSPS) is 14.4. The summed E-state index contributed by atoms with van der Waals surface area (Å²) in [5.74, 6) is -0.550. The molecule has 1 aromatic rings. The summed E-state index contributed by atoms with van der Waals surface area (Å²) in [5.41, 5.74) is 0.293. The predicted octanol–water partition coefficient (Wildman–Crippen LogP) is 2.71. The largest absolute Gasteiger partial charge is 0.465 e. The summed E-state index contributed by atoms with van der Waals surface area (Å²) in [6.45, 7) is 0.922. The number of carbonyl (C=O) groups is 1. The summed E-state index contributed by atoms with van der Waals surface area (Å²) in [6, 6.07) is 5.13. The van der Waals surface area contributed by atoms with Gasteiger partial charge in [-0.3, -0.25) is 0 Å². The third-order valence-corrected chi connectivity index (χ3v) is 3.35. The minimum Gasteiger partial charge on any atom is -0.465 e. The number of halogens is 2. The zero-order valence-corrected chi connectivity index (χ0v) is 11.2. The lowest BCUT2D eigenvalue weighted by Gasteiger charge is -2.20. The Morgan fingerprint density at radius 2 is 2.26 bits per heavy atom. The molecule has 4 nitrogen and oxygen atoms in total. The van der Waals surface area contributed by atoms with E-state index >= 15 is 0 Å². The molecular formula is C13H16ClFN2O2. The van der Waals surface area contributed by atoms with Crippen LogP contribution in [0.4, 0.5) is 9.18 Å². The van der Waals surface area contributed by atoms with Crippen LogP contribution in [0.2, 0.25) is 5.02 Å². The molecule has 6 heteroatoms. The number of nitrogens with zero attached hydrogens (tertiary/aromatic N) is 1. The number of benzene rings is 1. The second-order valence-corrected chi connectivity index (χ2v) is 5.05. The Morgan fingerprint density at radius 1 is 1.53 bits per heavy atom. The van der Waals surface area contributed by atoms with E-state index in [0.29, 0.717) is 24.7 Å². The maximum absolute atomic E-state index is 13.7. The molecule has 104 valence electrons. The Labute approximate surface area is 116 Å². The molecule has 2 rings (SSSR count). The number of amides is 1. The first-order valence-corrected chi connectivity index (χ1v) is 6.60. The minimum atomic E-state index is -1.06. The smallest absolute Gasteiger partial charge is 0.407 e. The van der Waals surface area contributed by atoms with Crippen molar-refractivity contribution in [1.29, 1.82) is 0 Å². The number of nitrogens with one attached hydrogen (secondary N) is 1. The van der Waals surface area contributed by atoms with Gasteiger partial charge in [0, 0.05) is 24.7 Å².